The summed E-state index contributed by atoms with van der Waals surface area (Å²) in [5.74, 6) is 0.667. The minimum Gasteiger partial charge on any atom is -0.463 e. The number of furan rings is 1. The number of hydrogen-bond donors (Lipinski definition) is 1. The maximum atomic E-state index is 6.16. The summed E-state index contributed by atoms with van der Waals surface area (Å²) >= 11 is 13.5. The van der Waals surface area contributed by atoms with E-state index in [-0.39, 0.29) is 0 Å². The molecule has 0 atom stereocenters. The number of anilines is 1. The Morgan fingerprint density at radius 1 is 1.29 bits per heavy atom. The molecule has 0 amide bonds. The Bertz CT molecular complexity index is 768. The van der Waals surface area contributed by atoms with Crippen molar-refractivity contribution >= 4 is 45.9 Å². The van der Waals surface area contributed by atoms with E-state index < -0.39 is 0 Å². The normalized spacial score (nSPS) is 11.1. The highest BCUT2D eigenvalue weighted by atomic mass is 35.5. The Labute approximate surface area is 135 Å². The minimum absolute atomic E-state index is 0.568. The van der Waals surface area contributed by atoms with Gasteiger partial charge < -0.3 is 4.42 Å². The predicted octanol–water partition coefficient (Wildman–Crippen LogP) is 5.16. The summed E-state index contributed by atoms with van der Waals surface area (Å²) in [6.45, 7) is 0. The highest BCUT2D eigenvalue weighted by Crippen LogP contribution is 2.32. The van der Waals surface area contributed by atoms with Crippen LogP contribution < -0.4 is 5.43 Å². The Morgan fingerprint density at radius 3 is 2.95 bits per heavy atom. The SMILES string of the molecule is Clc1ccc(-c2csc(NN=Cc3ccco3)n2)c(Cl)c1. The van der Waals surface area contributed by atoms with Gasteiger partial charge in [0.05, 0.1) is 23.2 Å². The summed E-state index contributed by atoms with van der Waals surface area (Å²) in [5.41, 5.74) is 4.46. The Morgan fingerprint density at radius 2 is 2.19 bits per heavy atom. The molecule has 0 aliphatic carbocycles. The van der Waals surface area contributed by atoms with Crippen LogP contribution in [-0.2, 0) is 0 Å². The van der Waals surface area contributed by atoms with Crippen molar-refractivity contribution in [3.8, 4) is 11.3 Å². The zero-order valence-electron chi connectivity index (χ0n) is 10.6. The fourth-order valence-electron chi connectivity index (χ4n) is 1.66. The first-order chi connectivity index (χ1) is 10.2. The smallest absolute Gasteiger partial charge is 0.203 e. The van der Waals surface area contributed by atoms with Gasteiger partial charge in [-0.1, -0.05) is 23.2 Å². The van der Waals surface area contributed by atoms with E-state index >= 15 is 0 Å². The average Bonchev–Trinajstić information content (AvgIpc) is 3.10. The van der Waals surface area contributed by atoms with Crippen LogP contribution >= 0.6 is 34.5 Å². The van der Waals surface area contributed by atoms with Crippen LogP contribution in [0.4, 0.5) is 5.13 Å². The number of nitrogens with zero attached hydrogens (tertiary/aromatic N) is 2. The summed E-state index contributed by atoms with van der Waals surface area (Å²) in [5, 5.41) is 7.79. The van der Waals surface area contributed by atoms with Crippen molar-refractivity contribution in [3.63, 3.8) is 0 Å². The molecule has 0 bridgehead atoms. The van der Waals surface area contributed by atoms with Crippen LogP contribution in [0.3, 0.4) is 0 Å². The molecule has 7 heteroatoms. The van der Waals surface area contributed by atoms with Crippen molar-refractivity contribution in [1.29, 1.82) is 0 Å². The van der Waals surface area contributed by atoms with E-state index in [1.54, 1.807) is 30.7 Å². The highest BCUT2D eigenvalue weighted by Gasteiger charge is 2.08. The fraction of sp³-hybridized carbons (Fsp3) is 0. The molecular weight excluding hydrogens is 329 g/mol. The average molecular weight is 338 g/mol. The van der Waals surface area contributed by atoms with Crippen LogP contribution in [0.15, 0.2) is 51.5 Å². The quantitative estimate of drug-likeness (QED) is 0.528. The molecule has 0 unspecified atom stereocenters. The molecule has 2 heterocycles. The molecule has 0 spiro atoms. The van der Waals surface area contributed by atoms with Gasteiger partial charge in [-0.2, -0.15) is 5.10 Å². The standard InChI is InChI=1S/C14H9Cl2N3OS/c15-9-3-4-11(12(16)6-9)13-8-21-14(18-13)19-17-7-10-2-1-5-20-10/h1-8H,(H,18,19). The summed E-state index contributed by atoms with van der Waals surface area (Å²) in [6, 6.07) is 8.93. The first-order valence-corrected chi connectivity index (χ1v) is 7.59. The summed E-state index contributed by atoms with van der Waals surface area (Å²) in [7, 11) is 0. The second-order valence-electron chi connectivity index (χ2n) is 4.05. The van der Waals surface area contributed by atoms with E-state index in [0.717, 1.165) is 11.3 Å². The molecule has 1 N–H and O–H groups in total. The molecule has 0 fully saturated rings. The molecule has 1 aromatic carbocycles. The van der Waals surface area contributed by atoms with Gasteiger partial charge in [-0.05, 0) is 30.3 Å². The molecule has 3 rings (SSSR count). The van der Waals surface area contributed by atoms with Crippen LogP contribution in [0, 0.1) is 0 Å². The number of aromatic nitrogens is 1. The Hall–Kier alpha value is -1.82. The third-order valence-electron chi connectivity index (χ3n) is 2.61. The Kier molecular flexibility index (Phi) is 4.24. The van der Waals surface area contributed by atoms with Gasteiger partial charge in [0.25, 0.3) is 0 Å². The molecule has 3 aromatic rings. The van der Waals surface area contributed by atoms with E-state index in [1.807, 2.05) is 17.5 Å². The van der Waals surface area contributed by atoms with Gasteiger partial charge in [0.2, 0.25) is 5.13 Å². The highest BCUT2D eigenvalue weighted by molar-refractivity contribution is 7.14. The van der Waals surface area contributed by atoms with Crippen molar-refractivity contribution < 1.29 is 4.42 Å². The summed E-state index contributed by atoms with van der Waals surface area (Å²) in [6.07, 6.45) is 3.17. The van der Waals surface area contributed by atoms with E-state index in [9.17, 15) is 0 Å². The van der Waals surface area contributed by atoms with Crippen LogP contribution in [0.1, 0.15) is 5.76 Å². The number of hydrazone groups is 1. The van der Waals surface area contributed by atoms with Crippen molar-refractivity contribution in [1.82, 2.24) is 4.98 Å². The summed E-state index contributed by atoms with van der Waals surface area (Å²) < 4.78 is 5.14. The maximum Gasteiger partial charge on any atom is 0.203 e. The third kappa shape index (κ3) is 3.44. The molecule has 0 saturated carbocycles. The number of halogens is 2. The number of nitrogens with one attached hydrogen (secondary N) is 1. The second-order valence-corrected chi connectivity index (χ2v) is 5.75. The first kappa shape index (κ1) is 14.1. The molecule has 106 valence electrons. The zero-order valence-corrected chi connectivity index (χ0v) is 12.9. The number of rotatable bonds is 4. The van der Waals surface area contributed by atoms with E-state index in [2.05, 4.69) is 15.5 Å². The minimum atomic E-state index is 0.568. The first-order valence-electron chi connectivity index (χ1n) is 5.96. The van der Waals surface area contributed by atoms with Crippen LogP contribution in [0.5, 0.6) is 0 Å². The van der Waals surface area contributed by atoms with Crippen LogP contribution in [0.25, 0.3) is 11.3 Å². The number of benzene rings is 1. The van der Waals surface area contributed by atoms with Crippen molar-refractivity contribution in [2.45, 2.75) is 0 Å². The van der Waals surface area contributed by atoms with Gasteiger partial charge >= 0.3 is 0 Å². The van der Waals surface area contributed by atoms with Crippen LogP contribution in [0.2, 0.25) is 10.0 Å². The Balaban J connectivity index is 1.74. The van der Waals surface area contributed by atoms with Gasteiger partial charge in [-0.3, -0.25) is 5.43 Å². The van der Waals surface area contributed by atoms with Crippen molar-refractivity contribution in [2.75, 3.05) is 5.43 Å². The number of hydrogen-bond acceptors (Lipinski definition) is 5. The largest absolute Gasteiger partial charge is 0.463 e. The van der Waals surface area contributed by atoms with Gasteiger partial charge in [0.1, 0.15) is 5.76 Å². The van der Waals surface area contributed by atoms with Gasteiger partial charge in [-0.25, -0.2) is 4.98 Å². The molecular formula is C14H9Cl2N3OS. The van der Waals surface area contributed by atoms with E-state index in [1.165, 1.54) is 11.3 Å². The maximum absolute atomic E-state index is 6.16. The predicted molar refractivity (Wildman–Crippen MR) is 87.5 cm³/mol. The van der Waals surface area contributed by atoms with Gasteiger partial charge in [0, 0.05) is 16.0 Å². The van der Waals surface area contributed by atoms with E-state index in [0.29, 0.717) is 20.9 Å². The molecule has 0 radical (unpaired) electrons. The lowest BCUT2D eigenvalue weighted by molar-refractivity contribution is 0.560. The van der Waals surface area contributed by atoms with E-state index in [4.69, 9.17) is 27.6 Å². The van der Waals surface area contributed by atoms with Crippen molar-refractivity contribution in [2.24, 2.45) is 5.10 Å². The van der Waals surface area contributed by atoms with Gasteiger partial charge in [0.15, 0.2) is 0 Å². The van der Waals surface area contributed by atoms with Crippen LogP contribution in [-0.4, -0.2) is 11.2 Å². The second kappa shape index (κ2) is 6.30. The van der Waals surface area contributed by atoms with Gasteiger partial charge in [-0.15, -0.1) is 11.3 Å². The van der Waals surface area contributed by atoms with Crippen molar-refractivity contribution in [3.05, 3.63) is 57.8 Å². The lowest BCUT2D eigenvalue weighted by Gasteiger charge is -2.00. The molecule has 0 aliphatic heterocycles. The third-order valence-corrected chi connectivity index (χ3v) is 3.90. The molecule has 0 aliphatic rings. The molecule has 21 heavy (non-hydrogen) atoms. The molecule has 0 saturated heterocycles. The number of thiazole rings is 1. The molecule has 4 nitrogen and oxygen atoms in total. The lowest BCUT2D eigenvalue weighted by atomic mass is 10.2. The summed E-state index contributed by atoms with van der Waals surface area (Å²) in [4.78, 5) is 4.43. The topological polar surface area (TPSA) is 50.4 Å². The molecule has 2 aromatic heterocycles. The lowest BCUT2D eigenvalue weighted by Crippen LogP contribution is -1.89. The fourth-order valence-corrected chi connectivity index (χ4v) is 2.83. The zero-order chi connectivity index (χ0) is 14.7. The monoisotopic (exact) mass is 337 g/mol.